The number of ether oxygens (including phenoxy) is 1. The molecule has 1 atom stereocenters. The zero-order valence-electron chi connectivity index (χ0n) is 19.7. The van der Waals surface area contributed by atoms with Crippen molar-refractivity contribution < 1.29 is 9.53 Å². The van der Waals surface area contributed by atoms with Crippen LogP contribution in [0.5, 0.6) is 5.75 Å². The Morgan fingerprint density at radius 3 is 2.76 bits per heavy atom. The summed E-state index contributed by atoms with van der Waals surface area (Å²) in [6.45, 7) is 5.11. The van der Waals surface area contributed by atoms with Crippen LogP contribution in [0.25, 0.3) is 11.1 Å². The average molecular weight is 463 g/mol. The zero-order chi connectivity index (χ0) is 24.7. The van der Waals surface area contributed by atoms with Crippen LogP contribution in [0.4, 0.5) is 0 Å². The number of allylic oxidation sites excluding steroid dienone is 2. The van der Waals surface area contributed by atoms with Crippen molar-refractivity contribution in [3.8, 4) is 11.8 Å². The van der Waals surface area contributed by atoms with E-state index in [1.165, 1.54) is 12.4 Å². The third-order valence-electron chi connectivity index (χ3n) is 5.78. The number of fused-ring (bicyclic) bond motifs is 1. The quantitative estimate of drug-likeness (QED) is 0.452. The Bertz CT molecular complexity index is 1190. The molecule has 1 aliphatic rings. The number of nitrogens with two attached hydrogens (primary N) is 2. The van der Waals surface area contributed by atoms with Crippen molar-refractivity contribution in [2.45, 2.75) is 38.8 Å². The van der Waals surface area contributed by atoms with E-state index in [-0.39, 0.29) is 6.04 Å². The molecule has 0 bridgehead atoms. The van der Waals surface area contributed by atoms with Crippen molar-refractivity contribution in [3.63, 3.8) is 0 Å². The van der Waals surface area contributed by atoms with Gasteiger partial charge in [-0.2, -0.15) is 10.4 Å². The summed E-state index contributed by atoms with van der Waals surface area (Å²) in [7, 11) is 1.66. The molecule has 10 nitrogen and oxygen atoms in total. The molecule has 4 N–H and O–H groups in total. The van der Waals surface area contributed by atoms with Crippen LogP contribution in [-0.2, 0) is 4.79 Å². The summed E-state index contributed by atoms with van der Waals surface area (Å²) in [6, 6.07) is 4.09. The van der Waals surface area contributed by atoms with Gasteiger partial charge in [-0.25, -0.2) is 4.52 Å². The number of rotatable bonds is 8. The fourth-order valence-corrected chi connectivity index (χ4v) is 3.85. The van der Waals surface area contributed by atoms with Gasteiger partial charge in [-0.15, -0.1) is 0 Å². The Labute approximate surface area is 198 Å². The maximum Gasteiger partial charge on any atom is 0.209 e. The molecule has 1 saturated heterocycles. The fourth-order valence-electron chi connectivity index (χ4n) is 3.85. The van der Waals surface area contributed by atoms with E-state index < -0.39 is 6.10 Å². The van der Waals surface area contributed by atoms with E-state index in [1.807, 2.05) is 19.9 Å². The number of nitriles is 1. The minimum atomic E-state index is -0.471. The number of carbonyl (C=O) groups is 1. The molecule has 1 unspecified atom stereocenters. The van der Waals surface area contributed by atoms with Gasteiger partial charge < -0.3 is 21.1 Å². The number of amides is 1. The van der Waals surface area contributed by atoms with Gasteiger partial charge in [0.15, 0.2) is 0 Å². The number of carbonyl (C=O) groups excluding carboxylic acids is 1. The van der Waals surface area contributed by atoms with Crippen LogP contribution < -0.4 is 16.2 Å². The van der Waals surface area contributed by atoms with E-state index in [9.17, 15) is 10.1 Å². The maximum absolute atomic E-state index is 11.0. The van der Waals surface area contributed by atoms with Crippen molar-refractivity contribution >= 4 is 29.4 Å². The first-order valence-electron chi connectivity index (χ1n) is 11.0. The molecule has 3 heterocycles. The lowest BCUT2D eigenvalue weighted by Crippen LogP contribution is -2.34. The molecule has 1 amide bonds. The first kappa shape index (κ1) is 24.5. The number of nitrogens with zero attached hydrogens (tertiary/aromatic N) is 6. The average Bonchev–Trinajstić information content (AvgIpc) is 3.27. The van der Waals surface area contributed by atoms with Crippen LogP contribution in [0.3, 0.4) is 0 Å². The van der Waals surface area contributed by atoms with Gasteiger partial charge in [-0.05, 0) is 38.8 Å². The summed E-state index contributed by atoms with van der Waals surface area (Å²) in [5, 5.41) is 13.9. The zero-order valence-corrected chi connectivity index (χ0v) is 19.7. The Hall–Kier alpha value is -4.13. The van der Waals surface area contributed by atoms with Crippen molar-refractivity contribution in [2.75, 3.05) is 20.1 Å². The third-order valence-corrected chi connectivity index (χ3v) is 5.78. The van der Waals surface area contributed by atoms with Gasteiger partial charge in [0.2, 0.25) is 6.41 Å². The van der Waals surface area contributed by atoms with Crippen LogP contribution in [0.2, 0.25) is 0 Å². The van der Waals surface area contributed by atoms with Crippen molar-refractivity contribution in [3.05, 3.63) is 47.6 Å². The number of hydrogen-bond donors (Lipinski definition) is 2. The highest BCUT2D eigenvalue weighted by atomic mass is 16.5. The molecule has 2 aromatic heterocycles. The Kier molecular flexibility index (Phi) is 8.03. The lowest BCUT2D eigenvalue weighted by atomic mass is 10.0. The molecular formula is C24H30N8O2. The summed E-state index contributed by atoms with van der Waals surface area (Å²) in [4.78, 5) is 21.5. The first-order chi connectivity index (χ1) is 16.4. The molecule has 1 fully saturated rings. The third kappa shape index (κ3) is 5.43. The minimum Gasteiger partial charge on any atom is -0.482 e. The van der Waals surface area contributed by atoms with Crippen LogP contribution in [0.1, 0.15) is 37.8 Å². The van der Waals surface area contributed by atoms with Crippen LogP contribution in [-0.4, -0.2) is 65.1 Å². The Morgan fingerprint density at radius 2 is 2.15 bits per heavy atom. The van der Waals surface area contributed by atoms with Gasteiger partial charge in [-0.1, -0.05) is 0 Å². The molecule has 2 aromatic rings. The number of piperidine rings is 1. The monoisotopic (exact) mass is 462 g/mol. The number of pyridine rings is 1. The van der Waals surface area contributed by atoms with Gasteiger partial charge >= 0.3 is 0 Å². The summed E-state index contributed by atoms with van der Waals surface area (Å²) in [5.41, 5.74) is 15.8. The number of aromatic nitrogens is 2. The molecule has 178 valence electrons. The van der Waals surface area contributed by atoms with Crippen LogP contribution in [0, 0.1) is 11.3 Å². The van der Waals surface area contributed by atoms with Gasteiger partial charge in [0.05, 0.1) is 17.9 Å². The van der Waals surface area contributed by atoms with E-state index in [2.05, 4.69) is 16.2 Å². The smallest absolute Gasteiger partial charge is 0.209 e. The SMILES string of the molecule is CN=C/C=C(\N)C(C)Oc1cc(/C(=C/N)C(C)=NC2CCN(C=O)CC2)cn2ncc(C#N)c12. The summed E-state index contributed by atoms with van der Waals surface area (Å²) < 4.78 is 7.76. The Balaban J connectivity index is 1.98. The largest absolute Gasteiger partial charge is 0.482 e. The highest BCUT2D eigenvalue weighted by molar-refractivity contribution is 6.22. The predicted molar refractivity (Wildman–Crippen MR) is 133 cm³/mol. The number of hydrogen-bond acceptors (Lipinski definition) is 8. The number of aliphatic imine (C=N–C) groups is 2. The van der Waals surface area contributed by atoms with Crippen molar-refractivity contribution in [1.29, 1.82) is 5.26 Å². The van der Waals surface area contributed by atoms with Gasteiger partial charge in [0, 0.05) is 55.6 Å². The normalized spacial score (nSPS) is 17.2. The van der Waals surface area contributed by atoms with Crippen LogP contribution >= 0.6 is 0 Å². The molecule has 3 rings (SSSR count). The molecular weight excluding hydrogens is 432 g/mol. The summed E-state index contributed by atoms with van der Waals surface area (Å²) >= 11 is 0. The molecule has 0 aliphatic carbocycles. The molecule has 0 aromatic carbocycles. The highest BCUT2D eigenvalue weighted by Crippen LogP contribution is 2.30. The molecule has 34 heavy (non-hydrogen) atoms. The second kappa shape index (κ2) is 11.1. The van der Waals surface area contributed by atoms with E-state index in [0.717, 1.165) is 36.1 Å². The van der Waals surface area contributed by atoms with Crippen molar-refractivity contribution in [2.24, 2.45) is 21.5 Å². The van der Waals surface area contributed by atoms with E-state index in [0.29, 0.717) is 35.6 Å². The van der Waals surface area contributed by atoms with Crippen LogP contribution in [0.15, 0.2) is 46.4 Å². The molecule has 0 radical (unpaired) electrons. The standard InChI is InChI=1S/C24H30N8O2/c1-16(30-20-5-8-31(15-33)9-6-20)21(12-26)18-10-23(34-17(2)22(27)4-7-28-3)24-19(11-25)13-29-32(24)14-18/h4,7,10,12-15,17,20H,5-6,8-9,26-27H2,1-3H3/b21-12+,22-4-,28-7?,30-16?. The molecule has 0 spiro atoms. The Morgan fingerprint density at radius 1 is 1.41 bits per heavy atom. The van der Waals surface area contributed by atoms with E-state index in [1.54, 1.807) is 35.0 Å². The molecule has 1 aliphatic heterocycles. The summed E-state index contributed by atoms with van der Waals surface area (Å²) in [6.07, 6.45) is 10.1. The highest BCUT2D eigenvalue weighted by Gasteiger charge is 2.20. The fraction of sp³-hybridized carbons (Fsp3) is 0.375. The lowest BCUT2D eigenvalue weighted by Gasteiger charge is -2.27. The summed E-state index contributed by atoms with van der Waals surface area (Å²) in [5.74, 6) is 0.454. The second-order valence-corrected chi connectivity index (χ2v) is 8.06. The first-order valence-corrected chi connectivity index (χ1v) is 11.0. The molecule has 10 heteroatoms. The van der Waals surface area contributed by atoms with Gasteiger partial charge in [0.1, 0.15) is 29.0 Å². The maximum atomic E-state index is 11.0. The van der Waals surface area contributed by atoms with E-state index in [4.69, 9.17) is 21.2 Å². The molecule has 0 saturated carbocycles. The topological polar surface area (TPSA) is 147 Å². The lowest BCUT2D eigenvalue weighted by molar-refractivity contribution is -0.119. The minimum absolute atomic E-state index is 0.116. The van der Waals surface area contributed by atoms with Crippen molar-refractivity contribution in [1.82, 2.24) is 14.5 Å². The van der Waals surface area contributed by atoms with Gasteiger partial charge in [-0.3, -0.25) is 14.8 Å². The van der Waals surface area contributed by atoms with E-state index >= 15 is 0 Å². The number of likely N-dealkylation sites (tertiary alicyclic amines) is 1. The predicted octanol–water partition coefficient (Wildman–Crippen LogP) is 1.90. The second-order valence-electron chi connectivity index (χ2n) is 8.06. The van der Waals surface area contributed by atoms with Gasteiger partial charge in [0.25, 0.3) is 0 Å².